The van der Waals surface area contributed by atoms with Crippen molar-refractivity contribution in [3.63, 3.8) is 0 Å². The molecule has 100 valence electrons. The summed E-state index contributed by atoms with van der Waals surface area (Å²) >= 11 is 3.44. The molecule has 0 aromatic heterocycles. The van der Waals surface area contributed by atoms with Crippen molar-refractivity contribution in [1.29, 1.82) is 0 Å². The van der Waals surface area contributed by atoms with Gasteiger partial charge in [0.15, 0.2) is 0 Å². The second kappa shape index (κ2) is 4.07. The fourth-order valence-electron chi connectivity index (χ4n) is 3.13. The van der Waals surface area contributed by atoms with Gasteiger partial charge in [-0.1, -0.05) is 34.1 Å². The van der Waals surface area contributed by atoms with E-state index in [1.54, 1.807) is 19.0 Å². The predicted molar refractivity (Wildman–Crippen MR) is 75.1 cm³/mol. The second-order valence-corrected chi connectivity index (χ2v) is 5.89. The van der Waals surface area contributed by atoms with Gasteiger partial charge in [-0.2, -0.15) is 0 Å². The van der Waals surface area contributed by atoms with E-state index in [4.69, 9.17) is 0 Å². The van der Waals surface area contributed by atoms with Crippen LogP contribution in [0, 0.1) is 0 Å². The summed E-state index contributed by atoms with van der Waals surface area (Å²) in [7, 11) is 3.28. The highest BCUT2D eigenvalue weighted by atomic mass is 79.9. The second-order valence-electron chi connectivity index (χ2n) is 5.33. The minimum Gasteiger partial charge on any atom is -0.312 e. The van der Waals surface area contributed by atoms with Crippen molar-refractivity contribution in [2.75, 3.05) is 14.1 Å². The molecule has 1 aromatic rings. The summed E-state index contributed by atoms with van der Waals surface area (Å²) < 4.78 is 0. The first-order chi connectivity index (χ1) is 8.99. The van der Waals surface area contributed by atoms with E-state index in [2.05, 4.69) is 34.1 Å². The van der Waals surface area contributed by atoms with Gasteiger partial charge in [0.2, 0.25) is 0 Å². The van der Waals surface area contributed by atoms with Gasteiger partial charge in [-0.05, 0) is 16.7 Å². The maximum absolute atomic E-state index is 12.4. The van der Waals surface area contributed by atoms with Gasteiger partial charge < -0.3 is 4.90 Å². The van der Waals surface area contributed by atoms with Crippen LogP contribution in [-0.4, -0.2) is 41.4 Å². The Labute approximate surface area is 120 Å². The van der Waals surface area contributed by atoms with Crippen molar-refractivity contribution in [1.82, 2.24) is 9.80 Å². The van der Waals surface area contributed by atoms with Crippen LogP contribution in [0.15, 0.2) is 18.2 Å². The van der Waals surface area contributed by atoms with Crippen LogP contribution in [0.1, 0.15) is 16.7 Å². The van der Waals surface area contributed by atoms with Gasteiger partial charge in [-0.25, -0.2) is 4.79 Å². The van der Waals surface area contributed by atoms with Gasteiger partial charge in [-0.15, -0.1) is 0 Å². The molecule has 1 saturated heterocycles. The molecule has 1 spiro atoms. The lowest BCUT2D eigenvalue weighted by Gasteiger charge is -2.27. The summed E-state index contributed by atoms with van der Waals surface area (Å²) in [5.41, 5.74) is 2.86. The molecule has 0 bridgehead atoms. The molecule has 1 heterocycles. The molecule has 4 nitrogen and oxygen atoms in total. The van der Waals surface area contributed by atoms with E-state index < -0.39 is 5.54 Å². The summed E-state index contributed by atoms with van der Waals surface area (Å²) in [6.07, 6.45) is 1.24. The topological polar surface area (TPSA) is 40.6 Å². The molecule has 1 fully saturated rings. The smallest absolute Gasteiger partial charge is 0.312 e. The zero-order valence-corrected chi connectivity index (χ0v) is 12.5. The summed E-state index contributed by atoms with van der Waals surface area (Å²) in [5, 5.41) is 0.801. The van der Waals surface area contributed by atoms with Gasteiger partial charge in [-0.3, -0.25) is 9.69 Å². The highest BCUT2D eigenvalue weighted by Gasteiger charge is 2.56. The highest BCUT2D eigenvalue weighted by molar-refractivity contribution is 9.08. The number of rotatable bonds is 1. The van der Waals surface area contributed by atoms with Crippen LogP contribution in [0.2, 0.25) is 0 Å². The first kappa shape index (κ1) is 12.7. The van der Waals surface area contributed by atoms with Crippen LogP contribution in [0.4, 0.5) is 4.79 Å². The molecule has 0 N–H and O–H groups in total. The van der Waals surface area contributed by atoms with Crippen molar-refractivity contribution in [2.24, 2.45) is 0 Å². The van der Waals surface area contributed by atoms with Crippen molar-refractivity contribution in [3.8, 4) is 0 Å². The Bertz CT molecular complexity index is 587. The average molecular weight is 323 g/mol. The Kier molecular flexibility index (Phi) is 2.71. The standard InChI is InChI=1S/C14H15BrN2O2/c1-16-12(18)14(17(2)13(16)19)6-10-4-3-9(8-15)5-11(10)7-14/h3-5H,6-8H2,1-2H3. The van der Waals surface area contributed by atoms with Crippen molar-refractivity contribution in [3.05, 3.63) is 34.9 Å². The summed E-state index contributed by atoms with van der Waals surface area (Å²) in [6, 6.07) is 6.06. The molecule has 1 aliphatic carbocycles. The van der Waals surface area contributed by atoms with E-state index >= 15 is 0 Å². The number of alkyl halides is 1. The molecule has 0 saturated carbocycles. The van der Waals surface area contributed by atoms with E-state index in [-0.39, 0.29) is 11.9 Å². The Morgan fingerprint density at radius 1 is 1.21 bits per heavy atom. The Hall–Kier alpha value is -1.36. The van der Waals surface area contributed by atoms with E-state index in [1.165, 1.54) is 21.6 Å². The predicted octanol–water partition coefficient (Wildman–Crippen LogP) is 1.94. The number of imide groups is 1. The van der Waals surface area contributed by atoms with Gasteiger partial charge in [0.05, 0.1) is 0 Å². The third kappa shape index (κ3) is 1.57. The lowest BCUT2D eigenvalue weighted by molar-refractivity contribution is -0.131. The van der Waals surface area contributed by atoms with E-state index in [1.807, 2.05) is 0 Å². The van der Waals surface area contributed by atoms with Crippen LogP contribution in [-0.2, 0) is 23.0 Å². The number of amides is 3. The van der Waals surface area contributed by atoms with Gasteiger partial charge in [0, 0.05) is 32.3 Å². The first-order valence-corrected chi connectivity index (χ1v) is 7.34. The minimum absolute atomic E-state index is 0.0865. The van der Waals surface area contributed by atoms with Crippen LogP contribution >= 0.6 is 15.9 Å². The largest absolute Gasteiger partial charge is 0.327 e. The number of benzene rings is 1. The molecule has 1 aliphatic heterocycles. The van der Waals surface area contributed by atoms with Crippen molar-refractivity contribution >= 4 is 27.9 Å². The number of nitrogens with zero attached hydrogens (tertiary/aromatic N) is 2. The summed E-state index contributed by atoms with van der Waals surface area (Å²) in [6.45, 7) is 0. The number of halogens is 1. The number of carbonyl (C=O) groups is 2. The van der Waals surface area contributed by atoms with Crippen LogP contribution < -0.4 is 0 Å². The van der Waals surface area contributed by atoms with Gasteiger partial charge >= 0.3 is 6.03 Å². The van der Waals surface area contributed by atoms with E-state index in [0.717, 1.165) is 5.33 Å². The van der Waals surface area contributed by atoms with E-state index in [9.17, 15) is 9.59 Å². The van der Waals surface area contributed by atoms with Gasteiger partial charge in [0.25, 0.3) is 5.91 Å². The molecule has 1 atom stereocenters. The lowest BCUT2D eigenvalue weighted by Crippen LogP contribution is -2.48. The van der Waals surface area contributed by atoms with Crippen molar-refractivity contribution in [2.45, 2.75) is 23.7 Å². The van der Waals surface area contributed by atoms with Gasteiger partial charge in [0.1, 0.15) is 5.54 Å². The summed E-state index contributed by atoms with van der Waals surface area (Å²) in [4.78, 5) is 27.2. The Morgan fingerprint density at radius 2 is 1.89 bits per heavy atom. The minimum atomic E-state index is -0.695. The monoisotopic (exact) mass is 322 g/mol. The molecular weight excluding hydrogens is 308 g/mol. The van der Waals surface area contributed by atoms with Crippen LogP contribution in [0.5, 0.6) is 0 Å². The fraction of sp³-hybridized carbons (Fsp3) is 0.429. The maximum atomic E-state index is 12.4. The Balaban J connectivity index is 2.03. The van der Waals surface area contributed by atoms with E-state index in [0.29, 0.717) is 12.8 Å². The zero-order chi connectivity index (χ0) is 13.8. The SMILES string of the molecule is CN1C(=O)N(C)C2(Cc3ccc(CBr)cc3C2)C1=O. The third-order valence-electron chi connectivity index (χ3n) is 4.31. The maximum Gasteiger partial charge on any atom is 0.327 e. The third-order valence-corrected chi connectivity index (χ3v) is 4.96. The number of likely N-dealkylation sites (N-methyl/N-ethyl adjacent to an activating group) is 2. The molecule has 1 aromatic carbocycles. The highest BCUT2D eigenvalue weighted by Crippen LogP contribution is 2.39. The molecular formula is C14H15BrN2O2. The number of urea groups is 1. The molecule has 3 rings (SSSR count). The summed E-state index contributed by atoms with van der Waals surface area (Å²) in [5.74, 6) is -0.0865. The molecule has 3 amide bonds. The average Bonchev–Trinajstić information content (AvgIpc) is 2.88. The quantitative estimate of drug-likeness (QED) is 0.585. The molecule has 19 heavy (non-hydrogen) atoms. The number of fused-ring (bicyclic) bond motifs is 1. The lowest BCUT2D eigenvalue weighted by atomic mass is 9.94. The first-order valence-electron chi connectivity index (χ1n) is 6.22. The fourth-order valence-corrected chi connectivity index (χ4v) is 3.48. The molecule has 2 aliphatic rings. The number of hydrogen-bond acceptors (Lipinski definition) is 2. The normalized spacial score (nSPS) is 25.6. The molecule has 1 unspecified atom stereocenters. The zero-order valence-electron chi connectivity index (χ0n) is 10.9. The van der Waals surface area contributed by atoms with Crippen molar-refractivity contribution < 1.29 is 9.59 Å². The molecule has 5 heteroatoms. The Morgan fingerprint density at radius 3 is 2.47 bits per heavy atom. The van der Waals surface area contributed by atoms with Crippen LogP contribution in [0.3, 0.4) is 0 Å². The number of carbonyl (C=O) groups excluding carboxylic acids is 2. The number of hydrogen-bond donors (Lipinski definition) is 0. The van der Waals surface area contributed by atoms with Crippen LogP contribution in [0.25, 0.3) is 0 Å². The molecule has 0 radical (unpaired) electrons.